The lowest BCUT2D eigenvalue weighted by Gasteiger charge is -2.31. The van der Waals surface area contributed by atoms with Crippen LogP contribution in [0.5, 0.6) is 0 Å². The molecule has 0 saturated carbocycles. The largest absolute Gasteiger partial charge is 0.508 e. The van der Waals surface area contributed by atoms with Gasteiger partial charge in [0.05, 0.1) is 18.9 Å². The van der Waals surface area contributed by atoms with E-state index in [1.54, 1.807) is 0 Å². The van der Waals surface area contributed by atoms with Crippen LogP contribution in [0.4, 0.5) is 4.79 Å². The summed E-state index contributed by atoms with van der Waals surface area (Å²) in [6, 6.07) is 0. The molecule has 1 aliphatic heterocycles. The molecule has 12 nitrogen and oxygen atoms in total. The number of rotatable bonds is 38. The number of nitrogens with zero attached hydrogens (tertiary/aromatic N) is 1. The van der Waals surface area contributed by atoms with Gasteiger partial charge < -0.3 is 38.1 Å². The van der Waals surface area contributed by atoms with Gasteiger partial charge >= 0.3 is 24.1 Å². The molecule has 2 atom stereocenters. The van der Waals surface area contributed by atoms with Gasteiger partial charge in [-0.3, -0.25) is 14.4 Å². The van der Waals surface area contributed by atoms with Crippen molar-refractivity contribution in [2.45, 2.75) is 182 Å². The maximum absolute atomic E-state index is 13.0. The van der Waals surface area contributed by atoms with Crippen molar-refractivity contribution in [2.75, 3.05) is 65.9 Å². The van der Waals surface area contributed by atoms with Gasteiger partial charge in [0.25, 0.3) is 0 Å². The Labute approximate surface area is 375 Å². The average Bonchev–Trinajstić information content (AvgIpc) is 3.28. The summed E-state index contributed by atoms with van der Waals surface area (Å²) in [6.45, 7) is 12.6. The lowest BCUT2D eigenvalue weighted by Crippen LogP contribution is -2.37. The van der Waals surface area contributed by atoms with Gasteiger partial charge in [0.2, 0.25) is 0 Å². The molecule has 2 unspecified atom stereocenters. The van der Waals surface area contributed by atoms with Crippen LogP contribution in [0.25, 0.3) is 0 Å². The van der Waals surface area contributed by atoms with Crippen molar-refractivity contribution < 1.29 is 52.3 Å². The predicted molar refractivity (Wildman–Crippen MR) is 244 cm³/mol. The van der Waals surface area contributed by atoms with Gasteiger partial charge in [0, 0.05) is 51.4 Å². The minimum atomic E-state index is -0.796. The van der Waals surface area contributed by atoms with Crippen molar-refractivity contribution in [3.63, 3.8) is 0 Å². The van der Waals surface area contributed by atoms with E-state index in [0.29, 0.717) is 38.9 Å². The van der Waals surface area contributed by atoms with Gasteiger partial charge in [-0.25, -0.2) is 4.79 Å². The van der Waals surface area contributed by atoms with E-state index in [1.807, 2.05) is 0 Å². The van der Waals surface area contributed by atoms with Gasteiger partial charge in [-0.2, -0.15) is 0 Å². The van der Waals surface area contributed by atoms with E-state index in [2.05, 4.69) is 68.7 Å². The number of hydrogen-bond donors (Lipinski definition) is 0. The molecule has 1 aliphatic rings. The first-order valence-electron chi connectivity index (χ1n) is 24.3. The average molecular weight is 876 g/mol. The minimum Gasteiger partial charge on any atom is -0.465 e. The molecule has 0 spiro atoms. The number of ether oxygens (including phenoxy) is 7. The van der Waals surface area contributed by atoms with Crippen LogP contribution in [-0.4, -0.2) is 101 Å². The Morgan fingerprint density at radius 3 is 1.84 bits per heavy atom. The van der Waals surface area contributed by atoms with Crippen LogP contribution in [0.15, 0.2) is 24.3 Å². The van der Waals surface area contributed by atoms with E-state index in [0.717, 1.165) is 110 Å². The highest BCUT2D eigenvalue weighted by molar-refractivity contribution is 5.70. The van der Waals surface area contributed by atoms with E-state index >= 15 is 0 Å². The number of piperidine rings is 1. The molecule has 12 heteroatoms. The second kappa shape index (κ2) is 41.6. The Bertz CT molecular complexity index is 1230. The summed E-state index contributed by atoms with van der Waals surface area (Å²) in [5, 5.41) is 0. The van der Waals surface area contributed by atoms with Crippen molar-refractivity contribution in [3.8, 4) is 11.8 Å². The summed E-state index contributed by atoms with van der Waals surface area (Å²) < 4.78 is 39.3. The number of hydrogen-bond acceptors (Lipinski definition) is 12. The summed E-state index contributed by atoms with van der Waals surface area (Å²) in [6.07, 6.45) is 26.6. The third-order valence-corrected chi connectivity index (χ3v) is 10.5. The Kier molecular flexibility index (Phi) is 38.0. The molecule has 1 saturated heterocycles. The van der Waals surface area contributed by atoms with Crippen LogP contribution >= 0.6 is 0 Å². The fourth-order valence-electron chi connectivity index (χ4n) is 6.74. The zero-order valence-corrected chi connectivity index (χ0v) is 39.3. The summed E-state index contributed by atoms with van der Waals surface area (Å²) in [7, 11) is 0. The lowest BCUT2D eigenvalue weighted by molar-refractivity contribution is -0.161. The van der Waals surface area contributed by atoms with Gasteiger partial charge in [-0.1, -0.05) is 95.9 Å². The van der Waals surface area contributed by atoms with E-state index in [-0.39, 0.29) is 57.8 Å². The first-order valence-corrected chi connectivity index (χ1v) is 24.3. The zero-order chi connectivity index (χ0) is 45.1. The second-order valence-corrected chi connectivity index (χ2v) is 16.2. The van der Waals surface area contributed by atoms with E-state index in [4.69, 9.17) is 33.2 Å². The van der Waals surface area contributed by atoms with Crippen molar-refractivity contribution in [2.24, 2.45) is 11.8 Å². The fourth-order valence-corrected chi connectivity index (χ4v) is 6.74. The van der Waals surface area contributed by atoms with Gasteiger partial charge in [0.15, 0.2) is 12.9 Å². The smallest absolute Gasteiger partial charge is 0.465 e. The molecular weight excluding hydrogens is 791 g/mol. The molecule has 0 N–H and O–H groups in total. The van der Waals surface area contributed by atoms with E-state index in [9.17, 15) is 19.2 Å². The molecule has 0 aromatic rings. The first kappa shape index (κ1) is 56.6. The molecule has 0 bridgehead atoms. The van der Waals surface area contributed by atoms with Gasteiger partial charge in [-0.05, 0) is 96.6 Å². The molecule has 1 fully saturated rings. The van der Waals surface area contributed by atoms with Crippen LogP contribution in [-0.2, 0) is 47.5 Å². The third kappa shape index (κ3) is 35.1. The standard InChI is InChI=1S/C50H85NO11/c1-5-9-12-15-18-23-26-36-56-46(52)31-24-19-20-25-32-47(53)59-41-45(43-62-50(55)61-40-44-30-29-35-51(8-4)39-44)42-60-48(54)33-34-49(57-37-27-21-16-13-10-6-2)58-38-28-22-17-14-11-7-3/h10-11,13-14,44-45,49H,5-9,12,15-22,24-25,27-43H2,1-4H3/b13-10-,14-11-. The number of carbonyl (C=O) groups is 4. The van der Waals surface area contributed by atoms with Crippen molar-refractivity contribution in [1.29, 1.82) is 0 Å². The fraction of sp³-hybridized carbons (Fsp3) is 0.800. The highest BCUT2D eigenvalue weighted by atomic mass is 16.7. The number of esters is 3. The molecular formula is C50H85NO11. The Balaban J connectivity index is 2.58. The summed E-state index contributed by atoms with van der Waals surface area (Å²) >= 11 is 0. The normalized spacial score (nSPS) is 14.8. The minimum absolute atomic E-state index is 0.0831. The van der Waals surface area contributed by atoms with E-state index < -0.39 is 30.3 Å². The molecule has 0 radical (unpaired) electrons. The van der Waals surface area contributed by atoms with Gasteiger partial charge in [0.1, 0.15) is 19.8 Å². The molecule has 356 valence electrons. The quantitative estimate of drug-likeness (QED) is 0.0146. The number of likely N-dealkylation sites (tertiary alicyclic amines) is 1. The SMILES string of the molecule is CC/C=C\CCCCOC(CCC(=O)OCC(COC(=O)CCCCCCC(=O)OCC#CCCCCCC)COC(=O)OCC1CCCN(CC)C1)OCCCC/C=C\CC. The van der Waals surface area contributed by atoms with Crippen molar-refractivity contribution in [3.05, 3.63) is 24.3 Å². The highest BCUT2D eigenvalue weighted by Gasteiger charge is 2.23. The third-order valence-electron chi connectivity index (χ3n) is 10.5. The zero-order valence-electron chi connectivity index (χ0n) is 39.3. The maximum Gasteiger partial charge on any atom is 0.508 e. The second-order valence-electron chi connectivity index (χ2n) is 16.2. The highest BCUT2D eigenvalue weighted by Crippen LogP contribution is 2.17. The van der Waals surface area contributed by atoms with Crippen LogP contribution in [0, 0.1) is 23.7 Å². The lowest BCUT2D eigenvalue weighted by atomic mass is 9.99. The number of carbonyl (C=O) groups excluding carboxylic acids is 4. The summed E-state index contributed by atoms with van der Waals surface area (Å²) in [4.78, 5) is 52.6. The maximum atomic E-state index is 13.0. The summed E-state index contributed by atoms with van der Waals surface area (Å²) in [5.41, 5.74) is 0. The van der Waals surface area contributed by atoms with Crippen LogP contribution in [0.1, 0.15) is 175 Å². The summed E-state index contributed by atoms with van der Waals surface area (Å²) in [5.74, 6) is 4.54. The van der Waals surface area contributed by atoms with Crippen molar-refractivity contribution >= 4 is 24.1 Å². The molecule has 0 aliphatic carbocycles. The van der Waals surface area contributed by atoms with Crippen LogP contribution in [0.3, 0.4) is 0 Å². The van der Waals surface area contributed by atoms with Crippen LogP contribution in [0.2, 0.25) is 0 Å². The van der Waals surface area contributed by atoms with Crippen LogP contribution < -0.4 is 0 Å². The molecule has 0 aromatic carbocycles. The topological polar surface area (TPSA) is 136 Å². The molecule has 1 heterocycles. The molecule has 62 heavy (non-hydrogen) atoms. The first-order chi connectivity index (χ1) is 30.3. The Hall–Kier alpha value is -3.40. The monoisotopic (exact) mass is 876 g/mol. The predicted octanol–water partition coefficient (Wildman–Crippen LogP) is 10.8. The number of unbranched alkanes of at least 4 members (excludes halogenated alkanes) is 11. The molecule has 0 amide bonds. The van der Waals surface area contributed by atoms with Crippen molar-refractivity contribution in [1.82, 2.24) is 4.90 Å². The molecule has 1 rings (SSSR count). The molecule has 0 aromatic heterocycles. The van der Waals surface area contributed by atoms with Gasteiger partial charge in [-0.15, -0.1) is 0 Å². The Morgan fingerprint density at radius 1 is 0.629 bits per heavy atom. The number of allylic oxidation sites excluding steroid dienone is 4. The Morgan fingerprint density at radius 2 is 1.23 bits per heavy atom. The van der Waals surface area contributed by atoms with E-state index in [1.165, 1.54) is 19.3 Å².